The van der Waals surface area contributed by atoms with Crippen LogP contribution < -0.4 is 0 Å². The van der Waals surface area contributed by atoms with Crippen LogP contribution in [0, 0.1) is 5.82 Å². The van der Waals surface area contributed by atoms with E-state index in [0.717, 1.165) is 10.4 Å². The zero-order valence-electron chi connectivity index (χ0n) is 13.7. The van der Waals surface area contributed by atoms with Gasteiger partial charge in [0, 0.05) is 30.3 Å². The fraction of sp³-hybridized carbons (Fsp3) is 0.278. The zero-order chi connectivity index (χ0) is 18.1. The molecule has 1 aliphatic rings. The summed E-state index contributed by atoms with van der Waals surface area (Å²) in [6.45, 7) is 0.890. The molecule has 0 N–H and O–H groups in total. The molecule has 26 heavy (non-hydrogen) atoms. The van der Waals surface area contributed by atoms with E-state index in [1.165, 1.54) is 6.07 Å². The molecule has 0 saturated carbocycles. The van der Waals surface area contributed by atoms with E-state index in [4.69, 9.17) is 16.1 Å². The molecule has 3 heterocycles. The van der Waals surface area contributed by atoms with Crippen LogP contribution in [0.25, 0.3) is 0 Å². The fourth-order valence-electron chi connectivity index (χ4n) is 3.02. The molecule has 5 nitrogen and oxygen atoms in total. The van der Waals surface area contributed by atoms with E-state index in [1.807, 2.05) is 17.5 Å². The Morgan fingerprint density at radius 2 is 2.27 bits per heavy atom. The molecule has 1 amide bonds. The number of benzene rings is 1. The topological polar surface area (TPSA) is 59.2 Å². The standard InChI is InChI=1S/C18H15ClFN3O2S/c19-14-6-11(3-4-15(14)20)9-23-10-12(7-17(23)24)18-21-16(25-22-18)8-13-2-1-5-26-13/h1-6,12H,7-10H2. The first-order valence-corrected chi connectivity index (χ1v) is 9.41. The van der Waals surface area contributed by atoms with Gasteiger partial charge in [-0.25, -0.2) is 4.39 Å². The number of nitrogens with zero attached hydrogens (tertiary/aromatic N) is 3. The number of thiophene rings is 1. The van der Waals surface area contributed by atoms with Gasteiger partial charge in [-0.2, -0.15) is 4.98 Å². The van der Waals surface area contributed by atoms with Gasteiger partial charge in [0.15, 0.2) is 5.82 Å². The molecular weight excluding hydrogens is 377 g/mol. The van der Waals surface area contributed by atoms with E-state index in [1.54, 1.807) is 28.4 Å². The van der Waals surface area contributed by atoms with Gasteiger partial charge in [-0.3, -0.25) is 4.79 Å². The van der Waals surface area contributed by atoms with Gasteiger partial charge in [0.25, 0.3) is 0 Å². The minimum Gasteiger partial charge on any atom is -0.339 e. The summed E-state index contributed by atoms with van der Waals surface area (Å²) in [5.41, 5.74) is 0.789. The molecule has 4 rings (SSSR count). The third-order valence-electron chi connectivity index (χ3n) is 4.33. The summed E-state index contributed by atoms with van der Waals surface area (Å²) in [5.74, 6) is 0.564. The number of carbonyl (C=O) groups excluding carboxylic acids is 1. The zero-order valence-corrected chi connectivity index (χ0v) is 15.3. The highest BCUT2D eigenvalue weighted by Crippen LogP contribution is 2.28. The van der Waals surface area contributed by atoms with Crippen molar-refractivity contribution in [3.8, 4) is 0 Å². The summed E-state index contributed by atoms with van der Waals surface area (Å²) in [5, 5.41) is 6.11. The lowest BCUT2D eigenvalue weighted by Crippen LogP contribution is -2.24. The number of aromatic nitrogens is 2. The van der Waals surface area contributed by atoms with Crippen LogP contribution in [0.1, 0.15) is 34.5 Å². The van der Waals surface area contributed by atoms with Crippen molar-refractivity contribution in [1.82, 2.24) is 15.0 Å². The molecule has 8 heteroatoms. The van der Waals surface area contributed by atoms with Crippen LogP contribution in [-0.2, 0) is 17.8 Å². The van der Waals surface area contributed by atoms with Crippen molar-refractivity contribution >= 4 is 28.8 Å². The number of hydrogen-bond acceptors (Lipinski definition) is 5. The van der Waals surface area contributed by atoms with Crippen LogP contribution in [0.5, 0.6) is 0 Å². The van der Waals surface area contributed by atoms with Crippen LogP contribution >= 0.6 is 22.9 Å². The monoisotopic (exact) mass is 391 g/mol. The second-order valence-electron chi connectivity index (χ2n) is 6.23. The van der Waals surface area contributed by atoms with Crippen LogP contribution in [-0.4, -0.2) is 27.5 Å². The summed E-state index contributed by atoms with van der Waals surface area (Å²) in [6.07, 6.45) is 0.941. The minimum absolute atomic E-state index is 0.0139. The third kappa shape index (κ3) is 3.64. The average Bonchev–Trinajstić information content (AvgIpc) is 3.34. The van der Waals surface area contributed by atoms with Gasteiger partial charge in [-0.1, -0.05) is 28.9 Å². The molecule has 1 saturated heterocycles. The molecule has 134 valence electrons. The summed E-state index contributed by atoms with van der Waals surface area (Å²) < 4.78 is 18.6. The lowest BCUT2D eigenvalue weighted by atomic mass is 10.1. The lowest BCUT2D eigenvalue weighted by Gasteiger charge is -2.16. The smallest absolute Gasteiger partial charge is 0.231 e. The Morgan fingerprint density at radius 1 is 1.38 bits per heavy atom. The van der Waals surface area contributed by atoms with Gasteiger partial charge in [-0.15, -0.1) is 11.3 Å². The fourth-order valence-corrected chi connectivity index (χ4v) is 3.92. The second kappa shape index (κ2) is 7.17. The van der Waals surface area contributed by atoms with Crippen molar-refractivity contribution in [2.75, 3.05) is 6.54 Å². The van der Waals surface area contributed by atoms with Crippen molar-refractivity contribution in [2.24, 2.45) is 0 Å². The maximum atomic E-state index is 13.3. The maximum Gasteiger partial charge on any atom is 0.231 e. The van der Waals surface area contributed by atoms with Crippen molar-refractivity contribution in [1.29, 1.82) is 0 Å². The van der Waals surface area contributed by atoms with E-state index in [0.29, 0.717) is 37.6 Å². The third-order valence-corrected chi connectivity index (χ3v) is 5.49. The van der Waals surface area contributed by atoms with Crippen molar-refractivity contribution in [2.45, 2.75) is 25.3 Å². The maximum absolute atomic E-state index is 13.3. The number of hydrogen-bond donors (Lipinski definition) is 0. The largest absolute Gasteiger partial charge is 0.339 e. The molecular formula is C18H15ClFN3O2S. The average molecular weight is 392 g/mol. The van der Waals surface area contributed by atoms with Gasteiger partial charge in [-0.05, 0) is 29.1 Å². The van der Waals surface area contributed by atoms with E-state index in [9.17, 15) is 9.18 Å². The second-order valence-corrected chi connectivity index (χ2v) is 7.67. The first kappa shape index (κ1) is 17.2. The molecule has 2 aromatic heterocycles. The highest BCUT2D eigenvalue weighted by atomic mass is 35.5. The van der Waals surface area contributed by atoms with E-state index >= 15 is 0 Å². The molecule has 0 bridgehead atoms. The number of amides is 1. The van der Waals surface area contributed by atoms with E-state index in [-0.39, 0.29) is 16.8 Å². The Labute approximate surface area is 158 Å². The number of rotatable bonds is 5. The first-order chi connectivity index (χ1) is 12.6. The van der Waals surface area contributed by atoms with Crippen LogP contribution in [0.4, 0.5) is 4.39 Å². The number of carbonyl (C=O) groups is 1. The Bertz CT molecular complexity index is 928. The van der Waals surface area contributed by atoms with Crippen LogP contribution in [0.3, 0.4) is 0 Å². The van der Waals surface area contributed by atoms with Gasteiger partial charge in [0.2, 0.25) is 11.8 Å². The molecule has 1 fully saturated rings. The van der Waals surface area contributed by atoms with Gasteiger partial charge >= 0.3 is 0 Å². The number of halogens is 2. The van der Waals surface area contributed by atoms with E-state index in [2.05, 4.69) is 10.1 Å². The Balaban J connectivity index is 1.42. The van der Waals surface area contributed by atoms with Crippen molar-refractivity contribution in [3.63, 3.8) is 0 Å². The highest BCUT2D eigenvalue weighted by molar-refractivity contribution is 7.09. The van der Waals surface area contributed by atoms with Crippen molar-refractivity contribution < 1.29 is 13.7 Å². The molecule has 0 aliphatic carbocycles. The molecule has 0 radical (unpaired) electrons. The molecule has 0 spiro atoms. The quantitative estimate of drug-likeness (QED) is 0.658. The molecule has 1 aliphatic heterocycles. The number of likely N-dealkylation sites (tertiary alicyclic amines) is 1. The minimum atomic E-state index is -0.467. The SMILES string of the molecule is O=C1CC(c2noc(Cc3cccs3)n2)CN1Cc1ccc(F)c(Cl)c1. The summed E-state index contributed by atoms with van der Waals surface area (Å²) >= 11 is 7.45. The van der Waals surface area contributed by atoms with Gasteiger partial charge in [0.05, 0.1) is 11.4 Å². The first-order valence-electron chi connectivity index (χ1n) is 8.15. The predicted octanol–water partition coefficient (Wildman–Crippen LogP) is 4.03. The lowest BCUT2D eigenvalue weighted by molar-refractivity contribution is -0.128. The molecule has 1 aromatic carbocycles. The van der Waals surface area contributed by atoms with Crippen LogP contribution in [0.2, 0.25) is 5.02 Å². The molecule has 1 atom stereocenters. The predicted molar refractivity (Wildman–Crippen MR) is 95.6 cm³/mol. The summed E-state index contributed by atoms with van der Waals surface area (Å²) in [6, 6.07) is 8.49. The van der Waals surface area contributed by atoms with Gasteiger partial charge < -0.3 is 9.42 Å². The summed E-state index contributed by atoms with van der Waals surface area (Å²) in [7, 11) is 0. The highest BCUT2D eigenvalue weighted by Gasteiger charge is 2.33. The molecule has 1 unspecified atom stereocenters. The summed E-state index contributed by atoms with van der Waals surface area (Å²) in [4.78, 5) is 19.6. The van der Waals surface area contributed by atoms with Gasteiger partial charge in [0.1, 0.15) is 5.82 Å². The Morgan fingerprint density at radius 3 is 3.04 bits per heavy atom. The van der Waals surface area contributed by atoms with Crippen molar-refractivity contribution in [3.05, 3.63) is 68.7 Å². The normalized spacial score (nSPS) is 17.2. The molecule has 3 aromatic rings. The van der Waals surface area contributed by atoms with Crippen LogP contribution in [0.15, 0.2) is 40.2 Å². The Hall–Kier alpha value is -2.25. The van der Waals surface area contributed by atoms with E-state index < -0.39 is 5.82 Å². The Kier molecular flexibility index (Phi) is 4.74.